The Balaban J connectivity index is 2.78. The van der Waals surface area contributed by atoms with Crippen LogP contribution in [-0.4, -0.2) is 27.1 Å². The minimum absolute atomic E-state index is 0.132. The summed E-state index contributed by atoms with van der Waals surface area (Å²) in [5.74, 6) is 1.99. The van der Waals surface area contributed by atoms with Crippen LogP contribution in [-0.2, 0) is 4.79 Å². The van der Waals surface area contributed by atoms with E-state index in [1.165, 1.54) is 12.8 Å². The summed E-state index contributed by atoms with van der Waals surface area (Å²) >= 11 is 0. The first kappa shape index (κ1) is 18.1. The number of hydrogen-bond donors (Lipinski definition) is 0. The third-order valence-corrected chi connectivity index (χ3v) is 3.46. The van der Waals surface area contributed by atoms with Crippen molar-refractivity contribution in [3.63, 3.8) is 0 Å². The van der Waals surface area contributed by atoms with Crippen molar-refractivity contribution in [3.05, 3.63) is 23.8 Å². The molecular formula is C18H26O4. The van der Waals surface area contributed by atoms with Crippen LogP contribution in [0.15, 0.2) is 18.2 Å². The second-order valence-corrected chi connectivity index (χ2v) is 5.06. The Morgan fingerprint density at radius 2 is 1.59 bits per heavy atom. The van der Waals surface area contributed by atoms with E-state index in [2.05, 4.69) is 6.92 Å². The SMILES string of the molecule is CCCCCCC(=O)/C=C/c1cc(OC)c(OC)cc1OC. The molecule has 1 aromatic carbocycles. The Bertz CT molecular complexity index is 506. The zero-order valence-corrected chi connectivity index (χ0v) is 14.0. The van der Waals surface area contributed by atoms with E-state index in [1.54, 1.807) is 45.6 Å². The van der Waals surface area contributed by atoms with Crippen molar-refractivity contribution in [2.24, 2.45) is 0 Å². The molecule has 0 heterocycles. The van der Waals surface area contributed by atoms with Crippen LogP contribution in [0.4, 0.5) is 0 Å². The van der Waals surface area contributed by atoms with E-state index in [4.69, 9.17) is 14.2 Å². The maximum atomic E-state index is 11.9. The molecule has 4 nitrogen and oxygen atoms in total. The van der Waals surface area contributed by atoms with E-state index in [0.29, 0.717) is 23.7 Å². The average Bonchev–Trinajstić information content (AvgIpc) is 2.55. The normalized spacial score (nSPS) is 10.7. The van der Waals surface area contributed by atoms with Gasteiger partial charge in [-0.25, -0.2) is 0 Å². The molecule has 0 saturated heterocycles. The van der Waals surface area contributed by atoms with Gasteiger partial charge in [0.2, 0.25) is 0 Å². The molecule has 0 aliphatic carbocycles. The summed E-state index contributed by atoms with van der Waals surface area (Å²) in [6, 6.07) is 3.56. The molecule has 0 bridgehead atoms. The number of hydrogen-bond acceptors (Lipinski definition) is 4. The molecule has 1 rings (SSSR count). The van der Waals surface area contributed by atoms with Gasteiger partial charge in [-0.1, -0.05) is 26.2 Å². The predicted molar refractivity (Wildman–Crippen MR) is 88.9 cm³/mol. The number of ether oxygens (including phenoxy) is 3. The number of carbonyl (C=O) groups is 1. The van der Waals surface area contributed by atoms with Gasteiger partial charge in [-0.05, 0) is 24.6 Å². The molecule has 0 aliphatic rings. The lowest BCUT2D eigenvalue weighted by atomic mass is 10.1. The van der Waals surface area contributed by atoms with Crippen LogP contribution in [0, 0.1) is 0 Å². The number of unbranched alkanes of at least 4 members (excludes halogenated alkanes) is 3. The van der Waals surface area contributed by atoms with E-state index < -0.39 is 0 Å². The van der Waals surface area contributed by atoms with Crippen molar-refractivity contribution in [1.82, 2.24) is 0 Å². The van der Waals surface area contributed by atoms with Crippen LogP contribution in [0.2, 0.25) is 0 Å². The van der Waals surface area contributed by atoms with Crippen LogP contribution < -0.4 is 14.2 Å². The molecule has 122 valence electrons. The molecule has 0 N–H and O–H groups in total. The third-order valence-electron chi connectivity index (χ3n) is 3.46. The highest BCUT2D eigenvalue weighted by Gasteiger charge is 2.10. The second kappa shape index (κ2) is 9.87. The maximum absolute atomic E-state index is 11.9. The fraction of sp³-hybridized carbons (Fsp3) is 0.500. The first-order valence-electron chi connectivity index (χ1n) is 7.67. The minimum atomic E-state index is 0.132. The van der Waals surface area contributed by atoms with Crippen molar-refractivity contribution in [2.45, 2.75) is 39.0 Å². The predicted octanol–water partition coefficient (Wildman–Crippen LogP) is 4.27. The van der Waals surface area contributed by atoms with Gasteiger partial charge in [0.1, 0.15) is 5.75 Å². The van der Waals surface area contributed by atoms with Crippen molar-refractivity contribution in [2.75, 3.05) is 21.3 Å². The van der Waals surface area contributed by atoms with Gasteiger partial charge in [0.25, 0.3) is 0 Å². The highest BCUT2D eigenvalue weighted by molar-refractivity contribution is 5.94. The van der Waals surface area contributed by atoms with Crippen molar-refractivity contribution >= 4 is 11.9 Å². The lowest BCUT2D eigenvalue weighted by Gasteiger charge is -2.12. The summed E-state index contributed by atoms with van der Waals surface area (Å²) in [6.45, 7) is 2.16. The van der Waals surface area contributed by atoms with Crippen molar-refractivity contribution in [3.8, 4) is 17.2 Å². The number of rotatable bonds is 10. The quantitative estimate of drug-likeness (QED) is 0.478. The fourth-order valence-corrected chi connectivity index (χ4v) is 2.18. The molecule has 0 atom stereocenters. The van der Waals surface area contributed by atoms with Gasteiger partial charge >= 0.3 is 0 Å². The van der Waals surface area contributed by atoms with Gasteiger partial charge in [0.05, 0.1) is 21.3 Å². The number of benzene rings is 1. The lowest BCUT2D eigenvalue weighted by molar-refractivity contribution is -0.114. The molecule has 0 spiro atoms. The molecule has 0 fully saturated rings. The standard InChI is InChI=1S/C18H26O4/c1-5-6-7-8-9-15(19)11-10-14-12-17(21-3)18(22-4)13-16(14)20-2/h10-13H,5-9H2,1-4H3/b11-10+. The highest BCUT2D eigenvalue weighted by Crippen LogP contribution is 2.35. The Morgan fingerprint density at radius 1 is 0.955 bits per heavy atom. The van der Waals surface area contributed by atoms with E-state index >= 15 is 0 Å². The number of methoxy groups -OCH3 is 3. The first-order valence-corrected chi connectivity index (χ1v) is 7.67. The Hall–Kier alpha value is -1.97. The fourth-order valence-electron chi connectivity index (χ4n) is 2.18. The number of carbonyl (C=O) groups excluding carboxylic acids is 1. The van der Waals surface area contributed by atoms with Gasteiger partial charge in [0, 0.05) is 18.1 Å². The average molecular weight is 306 g/mol. The molecule has 0 amide bonds. The highest BCUT2D eigenvalue weighted by atomic mass is 16.5. The molecule has 0 aromatic heterocycles. The monoisotopic (exact) mass is 306 g/mol. The second-order valence-electron chi connectivity index (χ2n) is 5.06. The van der Waals surface area contributed by atoms with E-state index in [1.807, 2.05) is 0 Å². The zero-order chi connectivity index (χ0) is 16.4. The summed E-state index contributed by atoms with van der Waals surface area (Å²) in [4.78, 5) is 11.9. The van der Waals surface area contributed by atoms with E-state index in [-0.39, 0.29) is 5.78 Å². The lowest BCUT2D eigenvalue weighted by Crippen LogP contribution is -1.96. The third kappa shape index (κ3) is 5.43. The molecule has 0 unspecified atom stereocenters. The molecular weight excluding hydrogens is 280 g/mol. The molecule has 0 aliphatic heterocycles. The van der Waals surface area contributed by atoms with Crippen LogP contribution >= 0.6 is 0 Å². The van der Waals surface area contributed by atoms with Crippen LogP contribution in [0.25, 0.3) is 6.08 Å². The largest absolute Gasteiger partial charge is 0.496 e. The summed E-state index contributed by atoms with van der Waals surface area (Å²) < 4.78 is 15.8. The molecule has 0 saturated carbocycles. The number of ketones is 1. The first-order chi connectivity index (χ1) is 10.7. The summed E-state index contributed by atoms with van der Waals surface area (Å²) in [5, 5.41) is 0. The molecule has 4 heteroatoms. The van der Waals surface area contributed by atoms with Gasteiger partial charge in [-0.3, -0.25) is 4.79 Å². The molecule has 22 heavy (non-hydrogen) atoms. The smallest absolute Gasteiger partial charge is 0.164 e. The Labute approximate surface area is 133 Å². The molecule has 0 radical (unpaired) electrons. The van der Waals surface area contributed by atoms with Crippen LogP contribution in [0.5, 0.6) is 17.2 Å². The summed E-state index contributed by atoms with van der Waals surface area (Å²) in [5.41, 5.74) is 0.794. The van der Waals surface area contributed by atoms with Gasteiger partial charge in [-0.2, -0.15) is 0 Å². The van der Waals surface area contributed by atoms with Gasteiger partial charge in [0.15, 0.2) is 17.3 Å². The number of allylic oxidation sites excluding steroid dienone is 1. The van der Waals surface area contributed by atoms with Crippen molar-refractivity contribution in [1.29, 1.82) is 0 Å². The summed E-state index contributed by atoms with van der Waals surface area (Å²) in [7, 11) is 4.74. The summed E-state index contributed by atoms with van der Waals surface area (Å²) in [6.07, 6.45) is 8.37. The van der Waals surface area contributed by atoms with E-state index in [9.17, 15) is 4.79 Å². The maximum Gasteiger partial charge on any atom is 0.164 e. The Morgan fingerprint density at radius 3 is 2.18 bits per heavy atom. The van der Waals surface area contributed by atoms with E-state index in [0.717, 1.165) is 18.4 Å². The molecule has 1 aromatic rings. The van der Waals surface area contributed by atoms with Crippen molar-refractivity contribution < 1.29 is 19.0 Å². The van der Waals surface area contributed by atoms with Gasteiger partial charge in [-0.15, -0.1) is 0 Å². The van der Waals surface area contributed by atoms with Crippen LogP contribution in [0.1, 0.15) is 44.6 Å². The Kier molecular flexibility index (Phi) is 8.11. The zero-order valence-electron chi connectivity index (χ0n) is 14.0. The van der Waals surface area contributed by atoms with Crippen LogP contribution in [0.3, 0.4) is 0 Å². The topological polar surface area (TPSA) is 44.8 Å². The minimum Gasteiger partial charge on any atom is -0.496 e. The van der Waals surface area contributed by atoms with Gasteiger partial charge < -0.3 is 14.2 Å².